The zero-order valence-corrected chi connectivity index (χ0v) is 23.1. The first-order chi connectivity index (χ1) is 19.0. The second-order valence-electron chi connectivity index (χ2n) is 9.92. The first-order valence-electron chi connectivity index (χ1n) is 13.1. The monoisotopic (exact) mass is 559 g/mol. The molecule has 1 aromatic heterocycles. The highest BCUT2D eigenvalue weighted by atomic mass is 35.5. The highest BCUT2D eigenvalue weighted by Gasteiger charge is 2.12. The number of hydrogen-bond acceptors (Lipinski definition) is 5. The van der Waals surface area contributed by atoms with Gasteiger partial charge in [-0.3, -0.25) is 4.79 Å². The van der Waals surface area contributed by atoms with Gasteiger partial charge in [0.05, 0.1) is 5.52 Å². The van der Waals surface area contributed by atoms with Gasteiger partial charge in [-0.1, -0.05) is 43.3 Å². The molecule has 0 saturated carbocycles. The molecule has 0 fully saturated rings. The highest BCUT2D eigenvalue weighted by molar-refractivity contribution is 6.10. The van der Waals surface area contributed by atoms with Gasteiger partial charge in [-0.2, -0.15) is 0 Å². The van der Waals surface area contributed by atoms with Crippen LogP contribution >= 0.6 is 12.4 Å². The summed E-state index contributed by atoms with van der Waals surface area (Å²) in [6.45, 7) is 3.63. The van der Waals surface area contributed by atoms with Crippen LogP contribution in [-0.4, -0.2) is 41.8 Å². The normalized spacial score (nSPS) is 12.6. The summed E-state index contributed by atoms with van der Waals surface area (Å²) >= 11 is 0. The molecule has 40 heavy (non-hydrogen) atoms. The Hall–Kier alpha value is -4.04. The Bertz CT molecular complexity index is 1550. The minimum Gasteiger partial charge on any atom is -0.490 e. The number of para-hydroxylation sites is 1. The maximum atomic E-state index is 11.2. The molecule has 0 aliphatic heterocycles. The Kier molecular flexibility index (Phi) is 9.66. The maximum Gasteiger partial charge on any atom is 0.248 e. The summed E-state index contributed by atoms with van der Waals surface area (Å²) in [4.78, 5) is 14.6. The minimum atomic E-state index is -0.619. The second kappa shape index (κ2) is 13.3. The van der Waals surface area contributed by atoms with E-state index in [2.05, 4.69) is 41.5 Å². The molecule has 5 rings (SSSR count). The van der Waals surface area contributed by atoms with E-state index in [-0.39, 0.29) is 19.0 Å². The molecule has 5 aromatic rings. The molecule has 208 valence electrons. The van der Waals surface area contributed by atoms with E-state index in [0.29, 0.717) is 23.8 Å². The number of halogens is 1. The topological polar surface area (TPSA) is 110 Å². The van der Waals surface area contributed by atoms with Crippen molar-refractivity contribution in [1.82, 2.24) is 10.3 Å². The molecule has 0 bridgehead atoms. The van der Waals surface area contributed by atoms with Gasteiger partial charge >= 0.3 is 0 Å². The van der Waals surface area contributed by atoms with E-state index in [1.54, 1.807) is 24.3 Å². The SMILES string of the molecule is CC(CNCC(O)COc1cccc2[nH]c3ccccc3c12)Cc1ccc(Oc2ccc(C(N)=O)cc2)cc1.Cl. The Morgan fingerprint density at radius 3 is 2.30 bits per heavy atom. The Morgan fingerprint density at radius 1 is 0.900 bits per heavy atom. The quantitative estimate of drug-likeness (QED) is 0.153. The Balaban J connectivity index is 0.00000370. The number of carbonyl (C=O) groups excluding carboxylic acids is 1. The van der Waals surface area contributed by atoms with Crippen molar-refractivity contribution >= 4 is 40.1 Å². The number of hydrogen-bond donors (Lipinski definition) is 4. The number of benzene rings is 4. The van der Waals surface area contributed by atoms with Crippen LogP contribution in [0.4, 0.5) is 0 Å². The number of aliphatic hydroxyl groups is 1. The molecule has 2 unspecified atom stereocenters. The molecule has 1 heterocycles. The van der Waals surface area contributed by atoms with Crippen molar-refractivity contribution in [2.45, 2.75) is 19.4 Å². The summed E-state index contributed by atoms with van der Waals surface area (Å²) in [5.41, 5.74) is 9.02. The predicted molar refractivity (Wildman–Crippen MR) is 162 cm³/mol. The van der Waals surface area contributed by atoms with Crippen LogP contribution in [0.2, 0.25) is 0 Å². The molecule has 5 N–H and O–H groups in total. The summed E-state index contributed by atoms with van der Waals surface area (Å²) in [5.74, 6) is 2.06. The van der Waals surface area contributed by atoms with Gasteiger partial charge in [0.15, 0.2) is 0 Å². The zero-order valence-electron chi connectivity index (χ0n) is 22.3. The smallest absolute Gasteiger partial charge is 0.248 e. The van der Waals surface area contributed by atoms with E-state index in [4.69, 9.17) is 15.2 Å². The number of rotatable bonds is 12. The lowest BCUT2D eigenvalue weighted by molar-refractivity contribution is 0.1000. The number of fused-ring (bicyclic) bond motifs is 3. The van der Waals surface area contributed by atoms with Crippen molar-refractivity contribution in [3.63, 3.8) is 0 Å². The fraction of sp³-hybridized carbons (Fsp3) is 0.219. The number of aromatic nitrogens is 1. The largest absolute Gasteiger partial charge is 0.490 e. The summed E-state index contributed by atoms with van der Waals surface area (Å²) in [5, 5.41) is 16.0. The van der Waals surface area contributed by atoms with Crippen molar-refractivity contribution in [3.05, 3.63) is 102 Å². The van der Waals surface area contributed by atoms with E-state index in [0.717, 1.165) is 46.3 Å². The van der Waals surface area contributed by atoms with Gasteiger partial charge in [0.1, 0.15) is 30.0 Å². The van der Waals surface area contributed by atoms with Crippen molar-refractivity contribution < 1.29 is 19.4 Å². The van der Waals surface area contributed by atoms with Gasteiger partial charge in [-0.25, -0.2) is 0 Å². The lowest BCUT2D eigenvalue weighted by atomic mass is 10.0. The molecular formula is C32H34ClN3O4. The molecule has 4 aromatic carbocycles. The molecule has 2 atom stereocenters. The molecule has 0 spiro atoms. The van der Waals surface area contributed by atoms with Crippen LogP contribution in [0.25, 0.3) is 21.8 Å². The van der Waals surface area contributed by atoms with Gasteiger partial charge in [-0.15, -0.1) is 12.4 Å². The van der Waals surface area contributed by atoms with Gasteiger partial charge in [0.2, 0.25) is 5.91 Å². The lowest BCUT2D eigenvalue weighted by Crippen LogP contribution is -2.34. The summed E-state index contributed by atoms with van der Waals surface area (Å²) in [6.07, 6.45) is 0.279. The van der Waals surface area contributed by atoms with Gasteiger partial charge in [-0.05, 0) is 79.0 Å². The van der Waals surface area contributed by atoms with E-state index in [9.17, 15) is 9.90 Å². The standard InChI is InChI=1S/C32H33N3O4.ClH/c1-21(17-22-9-13-25(14-10-22)39-26-15-11-23(12-16-26)32(33)37)18-34-19-24(36)20-38-30-8-4-7-29-31(30)27-5-2-3-6-28(27)35-29;/h2-16,21,24,34-36H,17-20H2,1H3,(H2,33,37);1H. The van der Waals surface area contributed by atoms with Crippen molar-refractivity contribution in [2.24, 2.45) is 11.7 Å². The van der Waals surface area contributed by atoms with Gasteiger partial charge in [0, 0.05) is 28.4 Å². The average molecular weight is 560 g/mol. The number of nitrogens with one attached hydrogen (secondary N) is 2. The summed E-state index contributed by atoms with van der Waals surface area (Å²) in [6, 6.07) is 28.8. The van der Waals surface area contributed by atoms with E-state index < -0.39 is 12.0 Å². The molecule has 1 amide bonds. The van der Waals surface area contributed by atoms with Crippen LogP contribution in [0.15, 0.2) is 91.0 Å². The third-order valence-corrected chi connectivity index (χ3v) is 6.68. The van der Waals surface area contributed by atoms with Crippen LogP contribution in [0, 0.1) is 5.92 Å². The van der Waals surface area contributed by atoms with Crippen molar-refractivity contribution in [1.29, 1.82) is 0 Å². The third kappa shape index (κ3) is 7.12. The fourth-order valence-corrected chi connectivity index (χ4v) is 4.72. The first-order valence-corrected chi connectivity index (χ1v) is 13.1. The average Bonchev–Trinajstić information content (AvgIpc) is 3.33. The summed E-state index contributed by atoms with van der Waals surface area (Å²) in [7, 11) is 0. The maximum absolute atomic E-state index is 11.2. The van der Waals surface area contributed by atoms with Crippen LogP contribution < -0.4 is 20.5 Å². The number of primary amides is 1. The Labute approximate surface area is 239 Å². The van der Waals surface area contributed by atoms with Crippen LogP contribution in [0.3, 0.4) is 0 Å². The van der Waals surface area contributed by atoms with Gasteiger partial charge in [0.25, 0.3) is 0 Å². The van der Waals surface area contributed by atoms with Crippen molar-refractivity contribution in [3.8, 4) is 17.2 Å². The number of ether oxygens (including phenoxy) is 2. The third-order valence-electron chi connectivity index (χ3n) is 6.68. The Morgan fingerprint density at radius 2 is 1.57 bits per heavy atom. The van der Waals surface area contributed by atoms with Crippen LogP contribution in [-0.2, 0) is 6.42 Å². The molecule has 0 aliphatic rings. The molecule has 0 aliphatic carbocycles. The number of carbonyl (C=O) groups is 1. The van der Waals surface area contributed by atoms with Crippen molar-refractivity contribution in [2.75, 3.05) is 19.7 Å². The number of H-pyrrole nitrogens is 1. The molecular weight excluding hydrogens is 526 g/mol. The second-order valence-corrected chi connectivity index (χ2v) is 9.92. The fourth-order valence-electron chi connectivity index (χ4n) is 4.72. The molecule has 0 saturated heterocycles. The van der Waals surface area contributed by atoms with E-state index in [1.807, 2.05) is 42.5 Å². The van der Waals surface area contributed by atoms with E-state index >= 15 is 0 Å². The molecule has 8 heteroatoms. The molecule has 7 nitrogen and oxygen atoms in total. The first kappa shape index (κ1) is 29.0. The van der Waals surface area contributed by atoms with Crippen LogP contribution in [0.1, 0.15) is 22.8 Å². The molecule has 0 radical (unpaired) electrons. The summed E-state index contributed by atoms with van der Waals surface area (Å²) < 4.78 is 11.9. The predicted octanol–water partition coefficient (Wildman–Crippen LogP) is 5.84. The van der Waals surface area contributed by atoms with Gasteiger partial charge < -0.3 is 30.6 Å². The van der Waals surface area contributed by atoms with Crippen LogP contribution in [0.5, 0.6) is 17.2 Å². The number of nitrogens with two attached hydrogens (primary N) is 1. The lowest BCUT2D eigenvalue weighted by Gasteiger charge is -2.17. The number of aromatic amines is 1. The minimum absolute atomic E-state index is 0. The highest BCUT2D eigenvalue weighted by Crippen LogP contribution is 2.33. The zero-order chi connectivity index (χ0) is 27.2. The van der Waals surface area contributed by atoms with E-state index in [1.165, 1.54) is 5.56 Å². The number of amides is 1. The number of aliphatic hydroxyl groups excluding tert-OH is 1.